The van der Waals surface area contributed by atoms with Gasteiger partial charge in [-0.1, -0.05) is 0 Å². The zero-order chi connectivity index (χ0) is 18.4. The Balaban J connectivity index is 2.93. The molecule has 24 heavy (non-hydrogen) atoms. The maximum atomic E-state index is 13.9. The SMILES string of the molecule is N#Cc1nn(-c2c(F)c(F)c(C(F)(F)F)c(F)c2F)c(N)c1C#N. The summed E-state index contributed by atoms with van der Waals surface area (Å²) in [6, 6.07) is 2.70. The highest BCUT2D eigenvalue weighted by atomic mass is 19.4. The van der Waals surface area contributed by atoms with Crippen LogP contribution in [0, 0.1) is 45.9 Å². The number of halogens is 7. The average Bonchev–Trinajstić information content (AvgIpc) is 2.80. The lowest BCUT2D eigenvalue weighted by Gasteiger charge is -2.14. The van der Waals surface area contributed by atoms with Gasteiger partial charge in [0.15, 0.2) is 29.0 Å². The number of hydrogen-bond donors (Lipinski definition) is 1. The van der Waals surface area contributed by atoms with Crippen LogP contribution in [0.25, 0.3) is 5.69 Å². The van der Waals surface area contributed by atoms with E-state index in [2.05, 4.69) is 5.10 Å². The minimum atomic E-state index is -5.71. The van der Waals surface area contributed by atoms with Crippen molar-refractivity contribution < 1.29 is 30.7 Å². The summed E-state index contributed by atoms with van der Waals surface area (Å²) >= 11 is 0. The Morgan fingerprint density at radius 2 is 1.42 bits per heavy atom. The monoisotopic (exact) mass is 349 g/mol. The van der Waals surface area contributed by atoms with Crippen LogP contribution in [-0.2, 0) is 6.18 Å². The molecule has 2 aromatic rings. The summed E-state index contributed by atoms with van der Waals surface area (Å²) < 4.78 is 92.4. The lowest BCUT2D eigenvalue weighted by Crippen LogP contribution is -2.19. The Bertz CT molecular complexity index is 900. The van der Waals surface area contributed by atoms with Crippen molar-refractivity contribution in [3.8, 4) is 17.8 Å². The highest BCUT2D eigenvalue weighted by Gasteiger charge is 2.43. The van der Waals surface area contributed by atoms with Crippen molar-refractivity contribution in [2.24, 2.45) is 0 Å². The fourth-order valence-electron chi connectivity index (χ4n) is 1.84. The van der Waals surface area contributed by atoms with Crippen LogP contribution in [0.2, 0.25) is 0 Å². The van der Waals surface area contributed by atoms with Crippen molar-refractivity contribution in [3.05, 3.63) is 40.1 Å². The molecule has 0 unspecified atom stereocenters. The quantitative estimate of drug-likeness (QED) is 0.633. The van der Waals surface area contributed by atoms with Crippen molar-refractivity contribution in [2.75, 3.05) is 5.73 Å². The second kappa shape index (κ2) is 5.42. The van der Waals surface area contributed by atoms with Crippen LogP contribution in [-0.4, -0.2) is 9.78 Å². The smallest absolute Gasteiger partial charge is 0.382 e. The highest BCUT2D eigenvalue weighted by Crippen LogP contribution is 2.38. The third kappa shape index (κ3) is 2.28. The van der Waals surface area contributed by atoms with Gasteiger partial charge < -0.3 is 5.73 Å². The Labute approximate surface area is 127 Å². The molecular weight excluding hydrogens is 347 g/mol. The molecule has 2 N–H and O–H groups in total. The molecule has 2 rings (SSSR count). The number of rotatable bonds is 1. The Morgan fingerprint density at radius 1 is 0.917 bits per heavy atom. The molecule has 0 spiro atoms. The molecule has 5 nitrogen and oxygen atoms in total. The molecule has 0 saturated heterocycles. The van der Waals surface area contributed by atoms with Crippen LogP contribution in [0.3, 0.4) is 0 Å². The first-order valence-corrected chi connectivity index (χ1v) is 5.68. The van der Waals surface area contributed by atoms with E-state index in [-0.39, 0.29) is 4.68 Å². The summed E-state index contributed by atoms with van der Waals surface area (Å²) in [4.78, 5) is 0. The number of hydrogen-bond acceptors (Lipinski definition) is 4. The summed E-state index contributed by atoms with van der Waals surface area (Å²) in [5.74, 6) is -11.2. The van der Waals surface area contributed by atoms with Crippen LogP contribution in [0.1, 0.15) is 16.8 Å². The number of aromatic nitrogens is 2. The molecule has 0 aliphatic rings. The minimum Gasteiger partial charge on any atom is -0.382 e. The van der Waals surface area contributed by atoms with Gasteiger partial charge in [0, 0.05) is 0 Å². The zero-order valence-corrected chi connectivity index (χ0v) is 11.0. The van der Waals surface area contributed by atoms with Gasteiger partial charge in [-0.15, -0.1) is 0 Å². The second-order valence-corrected chi connectivity index (χ2v) is 4.22. The van der Waals surface area contributed by atoms with E-state index in [9.17, 15) is 30.7 Å². The van der Waals surface area contributed by atoms with Gasteiger partial charge in [0.1, 0.15) is 34.8 Å². The number of alkyl halides is 3. The highest BCUT2D eigenvalue weighted by molar-refractivity contribution is 5.60. The van der Waals surface area contributed by atoms with Crippen LogP contribution in [0.5, 0.6) is 0 Å². The molecule has 1 heterocycles. The van der Waals surface area contributed by atoms with E-state index in [1.807, 2.05) is 0 Å². The van der Waals surface area contributed by atoms with Crippen molar-refractivity contribution in [1.82, 2.24) is 9.78 Å². The molecule has 0 atom stereocenters. The maximum absolute atomic E-state index is 13.9. The van der Waals surface area contributed by atoms with Gasteiger partial charge in [0.25, 0.3) is 0 Å². The largest absolute Gasteiger partial charge is 0.422 e. The first-order chi connectivity index (χ1) is 11.1. The van der Waals surface area contributed by atoms with Gasteiger partial charge in [-0.25, -0.2) is 22.2 Å². The van der Waals surface area contributed by atoms with E-state index in [0.717, 1.165) is 0 Å². The van der Waals surface area contributed by atoms with Gasteiger partial charge in [-0.05, 0) is 0 Å². The van der Waals surface area contributed by atoms with Gasteiger partial charge >= 0.3 is 6.18 Å². The van der Waals surface area contributed by atoms with Crippen molar-refractivity contribution in [3.63, 3.8) is 0 Å². The minimum absolute atomic E-state index is 0.0614. The lowest BCUT2D eigenvalue weighted by molar-refractivity contribution is -0.143. The first-order valence-electron chi connectivity index (χ1n) is 5.68. The molecule has 0 aliphatic carbocycles. The number of anilines is 1. The third-order valence-corrected chi connectivity index (χ3v) is 2.87. The number of nitrogens with zero attached hydrogens (tertiary/aromatic N) is 4. The molecular formula is C12H2F7N5. The van der Waals surface area contributed by atoms with E-state index in [4.69, 9.17) is 16.3 Å². The molecule has 0 amide bonds. The molecule has 0 fully saturated rings. The van der Waals surface area contributed by atoms with Crippen molar-refractivity contribution >= 4 is 5.82 Å². The van der Waals surface area contributed by atoms with Crippen LogP contribution in [0.15, 0.2) is 0 Å². The van der Waals surface area contributed by atoms with Gasteiger partial charge in [0.2, 0.25) is 0 Å². The van der Waals surface area contributed by atoms with E-state index >= 15 is 0 Å². The Morgan fingerprint density at radius 3 is 1.75 bits per heavy atom. The molecule has 0 saturated carbocycles. The molecule has 124 valence electrons. The lowest BCUT2D eigenvalue weighted by atomic mass is 10.1. The number of benzene rings is 1. The summed E-state index contributed by atoms with van der Waals surface area (Å²) in [5.41, 5.74) is -0.599. The Hall–Kier alpha value is -3.28. The third-order valence-electron chi connectivity index (χ3n) is 2.87. The van der Waals surface area contributed by atoms with Crippen molar-refractivity contribution in [2.45, 2.75) is 6.18 Å². The average molecular weight is 349 g/mol. The fourth-order valence-corrected chi connectivity index (χ4v) is 1.84. The molecule has 0 bridgehead atoms. The van der Waals surface area contributed by atoms with Gasteiger partial charge in [-0.2, -0.15) is 28.8 Å². The topological polar surface area (TPSA) is 91.4 Å². The zero-order valence-electron chi connectivity index (χ0n) is 11.0. The summed E-state index contributed by atoms with van der Waals surface area (Å²) in [5, 5.41) is 20.7. The predicted molar refractivity (Wildman–Crippen MR) is 62.2 cm³/mol. The van der Waals surface area contributed by atoms with E-state index in [1.165, 1.54) is 12.1 Å². The molecule has 1 aromatic carbocycles. The van der Waals surface area contributed by atoms with E-state index in [1.54, 1.807) is 0 Å². The van der Waals surface area contributed by atoms with Gasteiger partial charge in [-0.3, -0.25) is 0 Å². The van der Waals surface area contributed by atoms with Crippen LogP contribution >= 0.6 is 0 Å². The van der Waals surface area contributed by atoms with E-state index < -0.39 is 57.8 Å². The van der Waals surface area contributed by atoms with Crippen LogP contribution < -0.4 is 5.73 Å². The normalized spacial score (nSPS) is 11.2. The summed E-state index contributed by atoms with van der Waals surface area (Å²) in [7, 11) is 0. The summed E-state index contributed by atoms with van der Waals surface area (Å²) in [6.07, 6.45) is -5.71. The maximum Gasteiger partial charge on any atom is 0.422 e. The molecule has 12 heteroatoms. The first kappa shape index (κ1) is 17.1. The fraction of sp³-hybridized carbons (Fsp3) is 0.0833. The van der Waals surface area contributed by atoms with Crippen LogP contribution in [0.4, 0.5) is 36.6 Å². The molecule has 1 aromatic heterocycles. The number of nitriles is 2. The summed E-state index contributed by atoms with van der Waals surface area (Å²) in [6.45, 7) is 0. The Kier molecular flexibility index (Phi) is 3.85. The number of nitrogen functional groups attached to an aromatic ring is 1. The van der Waals surface area contributed by atoms with Gasteiger partial charge in [0.05, 0.1) is 0 Å². The van der Waals surface area contributed by atoms with Crippen molar-refractivity contribution in [1.29, 1.82) is 10.5 Å². The van der Waals surface area contributed by atoms with E-state index in [0.29, 0.717) is 0 Å². The number of nitrogens with two attached hydrogens (primary N) is 1. The standard InChI is InChI=1S/C12H2F7N5/c13-6-5(12(17,18)19)7(14)9(16)10(8(6)15)24-11(22)3(1-20)4(2-21)23-24/h22H2. The predicted octanol–water partition coefficient (Wildman–Crippen LogP) is 2.77. The molecule has 0 aliphatic heterocycles. The second-order valence-electron chi connectivity index (χ2n) is 4.22. The molecule has 0 radical (unpaired) electrons.